The lowest BCUT2D eigenvalue weighted by Gasteiger charge is -2.48. The molecule has 1 saturated carbocycles. The first kappa shape index (κ1) is 18.6. The third kappa shape index (κ3) is 2.95. The van der Waals surface area contributed by atoms with Crippen LogP contribution in [0.5, 0.6) is 0 Å². The summed E-state index contributed by atoms with van der Waals surface area (Å²) in [7, 11) is 0. The zero-order valence-corrected chi connectivity index (χ0v) is 16.1. The topological polar surface area (TPSA) is 17.8 Å². The molecule has 0 aliphatic heterocycles. The van der Waals surface area contributed by atoms with E-state index in [2.05, 4.69) is 18.1 Å². The van der Waals surface area contributed by atoms with Crippen LogP contribution in [-0.4, -0.2) is 16.0 Å². The van der Waals surface area contributed by atoms with Gasteiger partial charge in [-0.05, 0) is 73.9 Å². The number of benzene rings is 1. The number of alkyl halides is 3. The van der Waals surface area contributed by atoms with Gasteiger partial charge in [-0.1, -0.05) is 24.1 Å². The molecular formula is C23H22F4N2. The first-order chi connectivity index (χ1) is 13.8. The summed E-state index contributed by atoms with van der Waals surface area (Å²) in [5.41, 5.74) is 5.08. The Hall–Kier alpha value is -2.37. The predicted octanol–water partition coefficient (Wildman–Crippen LogP) is 6.27. The molecule has 5 rings (SSSR count). The van der Waals surface area contributed by atoms with E-state index in [4.69, 9.17) is 0 Å². The Balaban J connectivity index is 1.51. The molecule has 1 aromatic carbocycles. The van der Waals surface area contributed by atoms with Crippen molar-refractivity contribution >= 4 is 6.08 Å². The lowest BCUT2D eigenvalue weighted by atomic mass is 9.56. The van der Waals surface area contributed by atoms with Gasteiger partial charge in [-0.2, -0.15) is 18.3 Å². The van der Waals surface area contributed by atoms with Crippen molar-refractivity contribution in [1.29, 1.82) is 0 Å². The van der Waals surface area contributed by atoms with E-state index in [1.165, 1.54) is 23.3 Å². The van der Waals surface area contributed by atoms with E-state index in [-0.39, 0.29) is 30.0 Å². The highest BCUT2D eigenvalue weighted by molar-refractivity contribution is 5.63. The Bertz CT molecular complexity index is 1010. The van der Waals surface area contributed by atoms with Gasteiger partial charge in [0.2, 0.25) is 0 Å². The first-order valence-electron chi connectivity index (χ1n) is 10.1. The Kier molecular flexibility index (Phi) is 4.06. The summed E-state index contributed by atoms with van der Waals surface area (Å²) in [5, 5.41) is 4.52. The largest absolute Gasteiger partial charge is 0.392 e. The van der Waals surface area contributed by atoms with Crippen LogP contribution in [0.25, 0.3) is 11.8 Å². The molecule has 2 aromatic rings. The third-order valence-electron chi connectivity index (χ3n) is 7.01. The van der Waals surface area contributed by atoms with Crippen LogP contribution in [0, 0.1) is 23.1 Å². The van der Waals surface area contributed by atoms with Crippen LogP contribution >= 0.6 is 0 Å². The summed E-state index contributed by atoms with van der Waals surface area (Å²) in [5.74, 6) is -1.50. The molecule has 2 nitrogen and oxygen atoms in total. The normalized spacial score (nSPS) is 28.7. The van der Waals surface area contributed by atoms with Crippen LogP contribution in [0.3, 0.4) is 0 Å². The van der Waals surface area contributed by atoms with Crippen molar-refractivity contribution in [3.63, 3.8) is 0 Å². The Labute approximate surface area is 166 Å². The lowest BCUT2D eigenvalue weighted by molar-refractivity contribution is -0.179. The molecule has 3 atom stereocenters. The minimum Gasteiger partial charge on any atom is -0.233 e. The number of hydrogen-bond acceptors (Lipinski definition) is 1. The number of nitrogens with zero attached hydrogens (tertiary/aromatic N) is 2. The standard InChI is InChI=1S/C23H22F4N2/c1-22-12-15-13-28-29(19-7-5-18(24)6-8-19)21(15)11-16(22)3-2-14-10-17(23(25,26)27)4-9-20(14)22/h5-9,11,13-14,17H,2-4,10,12H2,1H3/t14?,17-,22+/m1/s1. The van der Waals surface area contributed by atoms with E-state index in [0.29, 0.717) is 0 Å². The molecular weight excluding hydrogens is 380 g/mol. The average Bonchev–Trinajstić information content (AvgIpc) is 3.07. The lowest BCUT2D eigenvalue weighted by Crippen LogP contribution is -2.39. The van der Waals surface area contributed by atoms with Gasteiger partial charge in [-0.15, -0.1) is 0 Å². The molecule has 1 heterocycles. The molecule has 0 bridgehead atoms. The summed E-state index contributed by atoms with van der Waals surface area (Å²) in [4.78, 5) is 0. The Morgan fingerprint density at radius 3 is 2.66 bits per heavy atom. The van der Waals surface area contributed by atoms with Crippen molar-refractivity contribution in [2.24, 2.45) is 17.3 Å². The zero-order chi connectivity index (χ0) is 20.4. The van der Waals surface area contributed by atoms with Crippen LogP contribution in [0.1, 0.15) is 43.9 Å². The minimum atomic E-state index is -4.12. The van der Waals surface area contributed by atoms with Gasteiger partial charge in [0.15, 0.2) is 0 Å². The molecule has 1 fully saturated rings. The average molecular weight is 402 g/mol. The van der Waals surface area contributed by atoms with Crippen LogP contribution in [0.15, 0.2) is 47.7 Å². The van der Waals surface area contributed by atoms with Crippen molar-refractivity contribution in [2.75, 3.05) is 0 Å². The fourth-order valence-electron chi connectivity index (χ4n) is 5.47. The maximum Gasteiger partial charge on any atom is 0.392 e. The smallest absolute Gasteiger partial charge is 0.233 e. The highest BCUT2D eigenvalue weighted by Crippen LogP contribution is 2.56. The second-order valence-electron chi connectivity index (χ2n) is 8.73. The number of halogens is 4. The number of hydrogen-bond donors (Lipinski definition) is 0. The van der Waals surface area contributed by atoms with E-state index < -0.39 is 12.1 Å². The molecule has 0 N–H and O–H groups in total. The van der Waals surface area contributed by atoms with Gasteiger partial charge in [-0.3, -0.25) is 0 Å². The SMILES string of the molecule is C[C@]12Cc3cnn(-c4ccc(F)cc4)c3C=C1CCC1C[C@H](C(F)(F)F)CC=C12. The van der Waals surface area contributed by atoms with Crippen LogP contribution in [0.2, 0.25) is 0 Å². The molecule has 0 saturated heterocycles. The van der Waals surface area contributed by atoms with E-state index in [1.807, 2.05) is 17.0 Å². The van der Waals surface area contributed by atoms with E-state index in [0.717, 1.165) is 36.2 Å². The molecule has 1 unspecified atom stereocenters. The summed E-state index contributed by atoms with van der Waals surface area (Å²) in [6.45, 7) is 2.17. The van der Waals surface area contributed by atoms with Gasteiger partial charge in [-0.25, -0.2) is 9.07 Å². The quantitative estimate of drug-likeness (QED) is 0.406. The monoisotopic (exact) mass is 402 g/mol. The van der Waals surface area contributed by atoms with Crippen molar-refractivity contribution in [2.45, 2.75) is 45.2 Å². The third-order valence-corrected chi connectivity index (χ3v) is 7.01. The summed E-state index contributed by atoms with van der Waals surface area (Å²) in [6.07, 6.45) is 4.35. The number of rotatable bonds is 1. The van der Waals surface area contributed by atoms with Crippen molar-refractivity contribution in [1.82, 2.24) is 9.78 Å². The Morgan fingerprint density at radius 1 is 1.17 bits per heavy atom. The molecule has 3 aliphatic rings. The minimum absolute atomic E-state index is 0.00576. The predicted molar refractivity (Wildman–Crippen MR) is 103 cm³/mol. The molecule has 1 aromatic heterocycles. The molecule has 0 radical (unpaired) electrons. The second kappa shape index (κ2) is 6.31. The Morgan fingerprint density at radius 2 is 1.93 bits per heavy atom. The maximum atomic E-state index is 13.3. The maximum absolute atomic E-state index is 13.3. The number of allylic oxidation sites excluding steroid dienone is 3. The van der Waals surface area contributed by atoms with Crippen molar-refractivity contribution < 1.29 is 17.6 Å². The van der Waals surface area contributed by atoms with Gasteiger partial charge >= 0.3 is 6.18 Å². The van der Waals surface area contributed by atoms with Gasteiger partial charge in [0.25, 0.3) is 0 Å². The highest BCUT2D eigenvalue weighted by atomic mass is 19.4. The zero-order valence-electron chi connectivity index (χ0n) is 16.1. The summed E-state index contributed by atoms with van der Waals surface area (Å²) < 4.78 is 54.8. The molecule has 3 aliphatic carbocycles. The fraction of sp³-hybridized carbons (Fsp3) is 0.435. The highest BCUT2D eigenvalue weighted by Gasteiger charge is 2.49. The first-order valence-corrected chi connectivity index (χ1v) is 10.1. The molecule has 29 heavy (non-hydrogen) atoms. The van der Waals surface area contributed by atoms with Crippen LogP contribution < -0.4 is 0 Å². The van der Waals surface area contributed by atoms with E-state index >= 15 is 0 Å². The molecule has 6 heteroatoms. The van der Waals surface area contributed by atoms with Gasteiger partial charge in [0, 0.05) is 5.41 Å². The molecule has 0 spiro atoms. The van der Waals surface area contributed by atoms with E-state index in [1.54, 1.807) is 12.1 Å². The van der Waals surface area contributed by atoms with Crippen molar-refractivity contribution in [3.05, 3.63) is 64.8 Å². The van der Waals surface area contributed by atoms with Crippen LogP contribution in [-0.2, 0) is 6.42 Å². The van der Waals surface area contributed by atoms with Gasteiger partial charge < -0.3 is 0 Å². The second-order valence-corrected chi connectivity index (χ2v) is 8.73. The van der Waals surface area contributed by atoms with Gasteiger partial charge in [0.05, 0.1) is 23.5 Å². The molecule has 152 valence electrons. The van der Waals surface area contributed by atoms with Gasteiger partial charge in [0.1, 0.15) is 5.82 Å². The van der Waals surface area contributed by atoms with Crippen molar-refractivity contribution in [3.8, 4) is 5.69 Å². The number of fused-ring (bicyclic) bond motifs is 4. The summed E-state index contributed by atoms with van der Waals surface area (Å²) in [6, 6.07) is 6.23. The van der Waals surface area contributed by atoms with E-state index in [9.17, 15) is 17.6 Å². The number of aromatic nitrogens is 2. The fourth-order valence-corrected chi connectivity index (χ4v) is 5.47. The van der Waals surface area contributed by atoms with Crippen LogP contribution in [0.4, 0.5) is 17.6 Å². The summed E-state index contributed by atoms with van der Waals surface area (Å²) >= 11 is 0. The molecule has 0 amide bonds.